The molecule has 0 amide bonds. The third kappa shape index (κ3) is 5.04. The molecule has 1 unspecified atom stereocenters. The Morgan fingerprint density at radius 2 is 2.25 bits per heavy atom. The standard InChI is InChI=1S/C16H26ClN3/c1-16(2,3)19-9-13-5-4-8-20(11-13)12-14-6-7-18-10-15(14)17/h6-7,10,13,19H,4-5,8-9,11-12H2,1-3H3. The number of nitrogens with zero attached hydrogens (tertiary/aromatic N) is 2. The number of aromatic nitrogens is 1. The van der Waals surface area contributed by atoms with E-state index in [9.17, 15) is 0 Å². The fourth-order valence-corrected chi connectivity index (χ4v) is 2.86. The number of piperidine rings is 1. The molecule has 1 saturated heterocycles. The number of nitrogens with one attached hydrogen (secondary N) is 1. The number of pyridine rings is 1. The zero-order chi connectivity index (χ0) is 14.6. The monoisotopic (exact) mass is 295 g/mol. The van der Waals surface area contributed by atoms with Crippen LogP contribution in [0.3, 0.4) is 0 Å². The fraction of sp³-hybridized carbons (Fsp3) is 0.688. The van der Waals surface area contributed by atoms with Crippen LogP contribution in [0.2, 0.25) is 5.02 Å². The highest BCUT2D eigenvalue weighted by Gasteiger charge is 2.22. The topological polar surface area (TPSA) is 28.2 Å². The van der Waals surface area contributed by atoms with Crippen LogP contribution in [0.4, 0.5) is 0 Å². The van der Waals surface area contributed by atoms with E-state index < -0.39 is 0 Å². The molecule has 1 fully saturated rings. The van der Waals surface area contributed by atoms with Crippen molar-refractivity contribution in [2.24, 2.45) is 5.92 Å². The number of likely N-dealkylation sites (tertiary alicyclic amines) is 1. The first-order valence-electron chi connectivity index (χ1n) is 7.50. The quantitative estimate of drug-likeness (QED) is 0.923. The molecule has 1 aliphatic heterocycles. The summed E-state index contributed by atoms with van der Waals surface area (Å²) in [6.45, 7) is 11.0. The summed E-state index contributed by atoms with van der Waals surface area (Å²) in [5.41, 5.74) is 1.39. The second kappa shape index (κ2) is 6.88. The summed E-state index contributed by atoms with van der Waals surface area (Å²) in [5.74, 6) is 0.739. The minimum atomic E-state index is 0.205. The fourth-order valence-electron chi connectivity index (χ4n) is 2.69. The maximum absolute atomic E-state index is 6.20. The van der Waals surface area contributed by atoms with Crippen LogP contribution < -0.4 is 5.32 Å². The Balaban J connectivity index is 1.86. The van der Waals surface area contributed by atoms with E-state index in [1.54, 1.807) is 6.20 Å². The zero-order valence-electron chi connectivity index (χ0n) is 12.8. The van der Waals surface area contributed by atoms with E-state index in [4.69, 9.17) is 11.6 Å². The van der Waals surface area contributed by atoms with Crippen LogP contribution in [0, 0.1) is 5.92 Å². The van der Waals surface area contributed by atoms with Crippen LogP contribution in [0.1, 0.15) is 39.2 Å². The van der Waals surface area contributed by atoms with Crippen molar-refractivity contribution < 1.29 is 0 Å². The third-order valence-corrected chi connectivity index (χ3v) is 4.11. The van der Waals surface area contributed by atoms with E-state index >= 15 is 0 Å². The molecule has 0 spiro atoms. The summed E-state index contributed by atoms with van der Waals surface area (Å²) >= 11 is 6.20. The third-order valence-electron chi connectivity index (χ3n) is 3.77. The van der Waals surface area contributed by atoms with Gasteiger partial charge < -0.3 is 5.32 Å². The summed E-state index contributed by atoms with van der Waals surface area (Å²) in [4.78, 5) is 6.56. The minimum absolute atomic E-state index is 0.205. The van der Waals surface area contributed by atoms with Crippen molar-refractivity contribution in [1.29, 1.82) is 0 Å². The lowest BCUT2D eigenvalue weighted by molar-refractivity contribution is 0.160. The maximum atomic E-state index is 6.20. The van der Waals surface area contributed by atoms with Crippen molar-refractivity contribution in [3.8, 4) is 0 Å². The van der Waals surface area contributed by atoms with E-state index in [0.717, 1.165) is 30.6 Å². The van der Waals surface area contributed by atoms with Gasteiger partial charge in [0.2, 0.25) is 0 Å². The first kappa shape index (κ1) is 15.7. The van der Waals surface area contributed by atoms with E-state index in [0.29, 0.717) is 0 Å². The van der Waals surface area contributed by atoms with Gasteiger partial charge >= 0.3 is 0 Å². The Hall–Kier alpha value is -0.640. The van der Waals surface area contributed by atoms with Gasteiger partial charge in [-0.2, -0.15) is 0 Å². The lowest BCUT2D eigenvalue weighted by atomic mass is 9.96. The largest absolute Gasteiger partial charge is 0.312 e. The molecule has 112 valence electrons. The molecular formula is C16H26ClN3. The highest BCUT2D eigenvalue weighted by Crippen LogP contribution is 2.21. The average Bonchev–Trinajstić information content (AvgIpc) is 2.39. The average molecular weight is 296 g/mol. The second-order valence-electron chi connectivity index (χ2n) is 6.84. The Morgan fingerprint density at radius 1 is 1.45 bits per heavy atom. The summed E-state index contributed by atoms with van der Waals surface area (Å²) in [5, 5.41) is 4.40. The van der Waals surface area contributed by atoms with Crippen molar-refractivity contribution in [2.75, 3.05) is 19.6 Å². The van der Waals surface area contributed by atoms with Gasteiger partial charge in [-0.15, -0.1) is 0 Å². The normalized spacial score (nSPS) is 21.1. The summed E-state index contributed by atoms with van der Waals surface area (Å²) in [6.07, 6.45) is 6.16. The van der Waals surface area contributed by atoms with Gasteiger partial charge in [0.1, 0.15) is 0 Å². The Bertz CT molecular complexity index is 428. The number of hydrogen-bond acceptors (Lipinski definition) is 3. The molecule has 0 bridgehead atoms. The van der Waals surface area contributed by atoms with Gasteiger partial charge in [-0.25, -0.2) is 0 Å². The van der Waals surface area contributed by atoms with Gasteiger partial charge in [0.05, 0.1) is 5.02 Å². The zero-order valence-corrected chi connectivity index (χ0v) is 13.6. The molecule has 0 saturated carbocycles. The van der Waals surface area contributed by atoms with Crippen LogP contribution in [0.25, 0.3) is 0 Å². The van der Waals surface area contributed by atoms with Crippen LogP contribution in [0.5, 0.6) is 0 Å². The summed E-state index contributed by atoms with van der Waals surface area (Å²) < 4.78 is 0. The lowest BCUT2D eigenvalue weighted by Gasteiger charge is -2.34. The molecule has 3 nitrogen and oxygen atoms in total. The van der Waals surface area contributed by atoms with Crippen molar-refractivity contribution in [2.45, 2.75) is 45.7 Å². The predicted octanol–water partition coefficient (Wildman–Crippen LogP) is 3.34. The van der Waals surface area contributed by atoms with Crippen molar-refractivity contribution in [3.63, 3.8) is 0 Å². The molecule has 1 atom stereocenters. The summed E-state index contributed by atoms with van der Waals surface area (Å²) in [6, 6.07) is 2.03. The van der Waals surface area contributed by atoms with E-state index in [1.807, 2.05) is 12.3 Å². The molecular weight excluding hydrogens is 270 g/mol. The molecule has 2 heterocycles. The van der Waals surface area contributed by atoms with Crippen molar-refractivity contribution in [3.05, 3.63) is 29.0 Å². The molecule has 1 aromatic rings. The minimum Gasteiger partial charge on any atom is -0.312 e. The number of halogens is 1. The molecule has 0 aliphatic carbocycles. The van der Waals surface area contributed by atoms with Crippen molar-refractivity contribution >= 4 is 11.6 Å². The van der Waals surface area contributed by atoms with Gasteiger partial charge in [0.25, 0.3) is 0 Å². The SMILES string of the molecule is CC(C)(C)NCC1CCCN(Cc2ccncc2Cl)C1. The molecule has 2 rings (SSSR count). The first-order valence-corrected chi connectivity index (χ1v) is 7.87. The molecule has 1 N–H and O–H groups in total. The van der Waals surface area contributed by atoms with Gasteiger partial charge in [-0.1, -0.05) is 11.6 Å². The first-order chi connectivity index (χ1) is 9.44. The molecule has 20 heavy (non-hydrogen) atoms. The van der Waals surface area contributed by atoms with E-state index in [2.05, 4.69) is 36.0 Å². The van der Waals surface area contributed by atoms with Crippen molar-refractivity contribution in [1.82, 2.24) is 15.2 Å². The smallest absolute Gasteiger partial charge is 0.0634 e. The Morgan fingerprint density at radius 3 is 2.95 bits per heavy atom. The van der Waals surface area contributed by atoms with Crippen LogP contribution in [-0.4, -0.2) is 35.1 Å². The number of rotatable bonds is 4. The van der Waals surface area contributed by atoms with Crippen LogP contribution in [-0.2, 0) is 6.54 Å². The molecule has 0 radical (unpaired) electrons. The van der Waals surface area contributed by atoms with Gasteiger partial charge in [-0.05, 0) is 64.3 Å². The maximum Gasteiger partial charge on any atom is 0.0634 e. The molecule has 4 heteroatoms. The van der Waals surface area contributed by atoms with Gasteiger partial charge in [0.15, 0.2) is 0 Å². The summed E-state index contributed by atoms with van der Waals surface area (Å²) in [7, 11) is 0. The molecule has 1 aromatic heterocycles. The van der Waals surface area contributed by atoms with E-state index in [1.165, 1.54) is 24.9 Å². The Kier molecular flexibility index (Phi) is 5.42. The highest BCUT2D eigenvalue weighted by atomic mass is 35.5. The van der Waals surface area contributed by atoms with E-state index in [-0.39, 0.29) is 5.54 Å². The molecule has 0 aromatic carbocycles. The van der Waals surface area contributed by atoms with Gasteiger partial charge in [0, 0.05) is 31.0 Å². The molecule has 1 aliphatic rings. The van der Waals surface area contributed by atoms with Crippen LogP contribution in [0.15, 0.2) is 18.5 Å². The Labute approximate surface area is 127 Å². The highest BCUT2D eigenvalue weighted by molar-refractivity contribution is 6.31. The van der Waals surface area contributed by atoms with Crippen LogP contribution >= 0.6 is 11.6 Å². The number of hydrogen-bond donors (Lipinski definition) is 1. The van der Waals surface area contributed by atoms with Gasteiger partial charge in [-0.3, -0.25) is 9.88 Å². The predicted molar refractivity (Wildman–Crippen MR) is 85.0 cm³/mol. The lowest BCUT2D eigenvalue weighted by Crippen LogP contribution is -2.44. The second-order valence-corrected chi connectivity index (χ2v) is 7.25.